The summed E-state index contributed by atoms with van der Waals surface area (Å²) in [6.45, 7) is 4.51. The van der Waals surface area contributed by atoms with Gasteiger partial charge in [0.1, 0.15) is 6.04 Å². The van der Waals surface area contributed by atoms with E-state index in [2.05, 4.69) is 17.6 Å². The number of carbonyl (C=O) groups excluding carboxylic acids is 2. The van der Waals surface area contributed by atoms with Gasteiger partial charge in [0.25, 0.3) is 0 Å². The van der Waals surface area contributed by atoms with Crippen LogP contribution in [0.1, 0.15) is 46.0 Å². The molecule has 6 nitrogen and oxygen atoms in total. The Balaban J connectivity index is 4.08. The average Bonchev–Trinajstić information content (AvgIpc) is 2.38. The molecule has 2 atom stereocenters. The standard InChI is InChI=1S/C13H23N2O4/c1-3-4-5-8-14-10(2)12(17)15-11(13(18)19)7-6-9-16/h10-11,14H,3-8H2,1-2H3,(H,15,17)(H,18,19)/t10-,11+/m0/s1. The van der Waals surface area contributed by atoms with Crippen molar-refractivity contribution in [1.29, 1.82) is 0 Å². The summed E-state index contributed by atoms with van der Waals surface area (Å²) in [4.78, 5) is 32.8. The molecule has 0 rings (SSSR count). The Morgan fingerprint density at radius 3 is 2.53 bits per heavy atom. The number of carboxylic acids is 1. The predicted molar refractivity (Wildman–Crippen MR) is 71.5 cm³/mol. The molecule has 6 heteroatoms. The zero-order valence-corrected chi connectivity index (χ0v) is 11.6. The minimum Gasteiger partial charge on any atom is -0.480 e. The monoisotopic (exact) mass is 271 g/mol. The summed E-state index contributed by atoms with van der Waals surface area (Å²) in [6, 6.07) is -1.48. The number of rotatable bonds is 11. The summed E-state index contributed by atoms with van der Waals surface area (Å²) in [6.07, 6.45) is 4.86. The molecule has 0 aliphatic carbocycles. The first-order valence-electron chi connectivity index (χ1n) is 6.64. The number of unbranched alkanes of at least 4 members (excludes halogenated alkanes) is 2. The van der Waals surface area contributed by atoms with Gasteiger partial charge in [0, 0.05) is 6.42 Å². The Bertz CT molecular complexity index is 294. The zero-order valence-electron chi connectivity index (χ0n) is 11.6. The highest BCUT2D eigenvalue weighted by molar-refractivity contribution is 5.86. The zero-order chi connectivity index (χ0) is 14.7. The van der Waals surface area contributed by atoms with Gasteiger partial charge in [0.05, 0.1) is 6.04 Å². The second kappa shape index (κ2) is 10.5. The number of amides is 1. The van der Waals surface area contributed by atoms with E-state index in [4.69, 9.17) is 5.11 Å². The Morgan fingerprint density at radius 1 is 1.32 bits per heavy atom. The molecule has 0 fully saturated rings. The third-order valence-corrected chi connectivity index (χ3v) is 2.77. The van der Waals surface area contributed by atoms with Crippen LogP contribution in [0.3, 0.4) is 0 Å². The van der Waals surface area contributed by atoms with Crippen LogP contribution in [0.5, 0.6) is 0 Å². The molecule has 0 heterocycles. The fourth-order valence-electron chi connectivity index (χ4n) is 1.54. The first kappa shape index (κ1) is 17.6. The third-order valence-electron chi connectivity index (χ3n) is 2.77. The predicted octanol–water partition coefficient (Wildman–Crippen LogP) is 0.614. The van der Waals surface area contributed by atoms with Gasteiger partial charge < -0.3 is 15.7 Å². The van der Waals surface area contributed by atoms with Gasteiger partial charge in [-0.2, -0.15) is 0 Å². The SMILES string of the molecule is CCCCCN[C@@H](C)C(=O)N[C@H](CC[C]=O)C(=O)O. The van der Waals surface area contributed by atoms with E-state index in [-0.39, 0.29) is 18.7 Å². The van der Waals surface area contributed by atoms with Gasteiger partial charge in [-0.05, 0) is 26.3 Å². The van der Waals surface area contributed by atoms with Gasteiger partial charge in [-0.1, -0.05) is 19.8 Å². The molecule has 0 saturated heterocycles. The maximum Gasteiger partial charge on any atom is 0.326 e. The maximum atomic E-state index is 11.7. The Kier molecular flexibility index (Phi) is 9.70. The Hall–Kier alpha value is -1.43. The summed E-state index contributed by atoms with van der Waals surface area (Å²) in [5, 5.41) is 14.4. The fourth-order valence-corrected chi connectivity index (χ4v) is 1.54. The average molecular weight is 271 g/mol. The van der Waals surface area contributed by atoms with Crippen LogP contribution in [0, 0.1) is 0 Å². The van der Waals surface area contributed by atoms with Crippen LogP contribution in [0.2, 0.25) is 0 Å². The molecule has 0 bridgehead atoms. The van der Waals surface area contributed by atoms with Gasteiger partial charge in [0.15, 0.2) is 6.29 Å². The fraction of sp³-hybridized carbons (Fsp3) is 0.769. The minimum absolute atomic E-state index is 0.00441. The van der Waals surface area contributed by atoms with Crippen molar-refractivity contribution in [2.45, 2.75) is 58.0 Å². The second-order valence-corrected chi connectivity index (χ2v) is 4.47. The summed E-state index contributed by atoms with van der Waals surface area (Å²) >= 11 is 0. The number of nitrogens with one attached hydrogen (secondary N) is 2. The molecule has 0 saturated carbocycles. The summed E-state index contributed by atoms with van der Waals surface area (Å²) in [7, 11) is 0. The van der Waals surface area contributed by atoms with Crippen molar-refractivity contribution in [3.63, 3.8) is 0 Å². The van der Waals surface area contributed by atoms with Crippen LogP contribution in [-0.2, 0) is 14.4 Å². The Morgan fingerprint density at radius 2 is 2.00 bits per heavy atom. The van der Waals surface area contributed by atoms with Gasteiger partial charge in [-0.15, -0.1) is 0 Å². The topological polar surface area (TPSA) is 95.5 Å². The highest BCUT2D eigenvalue weighted by Crippen LogP contribution is 1.98. The lowest BCUT2D eigenvalue weighted by Gasteiger charge is -2.18. The van der Waals surface area contributed by atoms with E-state index in [0.717, 1.165) is 25.8 Å². The minimum atomic E-state index is -1.14. The van der Waals surface area contributed by atoms with E-state index >= 15 is 0 Å². The van der Waals surface area contributed by atoms with Crippen LogP contribution in [0.4, 0.5) is 0 Å². The first-order chi connectivity index (χ1) is 9.02. The van der Waals surface area contributed by atoms with Crippen molar-refractivity contribution in [3.8, 4) is 0 Å². The quantitative estimate of drug-likeness (QED) is 0.479. The van der Waals surface area contributed by atoms with Crippen molar-refractivity contribution in [2.75, 3.05) is 6.54 Å². The molecule has 19 heavy (non-hydrogen) atoms. The number of hydrogen-bond acceptors (Lipinski definition) is 4. The second-order valence-electron chi connectivity index (χ2n) is 4.47. The molecule has 0 unspecified atom stereocenters. The Labute approximate surface area is 113 Å². The molecule has 0 aromatic heterocycles. The van der Waals surface area contributed by atoms with E-state index in [1.807, 2.05) is 0 Å². The summed E-state index contributed by atoms with van der Waals surface area (Å²) in [5.74, 6) is -1.50. The van der Waals surface area contributed by atoms with Crippen molar-refractivity contribution < 1.29 is 19.5 Å². The van der Waals surface area contributed by atoms with Crippen LogP contribution < -0.4 is 10.6 Å². The highest BCUT2D eigenvalue weighted by Gasteiger charge is 2.22. The number of carboxylic acid groups (broad SMARTS) is 1. The van der Waals surface area contributed by atoms with Crippen LogP contribution in [0.25, 0.3) is 0 Å². The molecular formula is C13H23N2O4. The van der Waals surface area contributed by atoms with Crippen molar-refractivity contribution >= 4 is 18.2 Å². The lowest BCUT2D eigenvalue weighted by atomic mass is 10.1. The molecule has 0 spiro atoms. The molecule has 0 aromatic carbocycles. The van der Waals surface area contributed by atoms with Crippen molar-refractivity contribution in [1.82, 2.24) is 10.6 Å². The molecule has 0 aliphatic rings. The maximum absolute atomic E-state index is 11.7. The van der Waals surface area contributed by atoms with Crippen molar-refractivity contribution in [3.05, 3.63) is 0 Å². The smallest absolute Gasteiger partial charge is 0.326 e. The summed E-state index contributed by atoms with van der Waals surface area (Å²) in [5.41, 5.74) is 0. The lowest BCUT2D eigenvalue weighted by molar-refractivity contribution is -0.142. The molecular weight excluding hydrogens is 248 g/mol. The number of hydrogen-bond donors (Lipinski definition) is 3. The van der Waals surface area contributed by atoms with E-state index in [1.165, 1.54) is 0 Å². The molecule has 0 aliphatic heterocycles. The largest absolute Gasteiger partial charge is 0.480 e. The number of aliphatic carboxylic acids is 1. The van der Waals surface area contributed by atoms with E-state index in [0.29, 0.717) is 0 Å². The van der Waals surface area contributed by atoms with Crippen LogP contribution in [-0.4, -0.2) is 41.9 Å². The molecule has 1 radical (unpaired) electrons. The van der Waals surface area contributed by atoms with E-state index < -0.39 is 18.1 Å². The molecule has 0 aromatic rings. The van der Waals surface area contributed by atoms with Crippen molar-refractivity contribution in [2.24, 2.45) is 0 Å². The van der Waals surface area contributed by atoms with Crippen LogP contribution in [0.15, 0.2) is 0 Å². The third kappa shape index (κ3) is 8.31. The van der Waals surface area contributed by atoms with Crippen LogP contribution >= 0.6 is 0 Å². The van der Waals surface area contributed by atoms with E-state index in [9.17, 15) is 14.4 Å². The van der Waals surface area contributed by atoms with Gasteiger partial charge in [-0.3, -0.25) is 9.59 Å². The van der Waals surface area contributed by atoms with Gasteiger partial charge >= 0.3 is 5.97 Å². The highest BCUT2D eigenvalue weighted by atomic mass is 16.4. The molecule has 1 amide bonds. The normalized spacial score (nSPS) is 13.6. The first-order valence-corrected chi connectivity index (χ1v) is 6.64. The van der Waals surface area contributed by atoms with E-state index in [1.54, 1.807) is 13.2 Å². The number of carbonyl (C=O) groups is 2. The molecule has 109 valence electrons. The lowest BCUT2D eigenvalue weighted by Crippen LogP contribution is -2.49. The van der Waals surface area contributed by atoms with Gasteiger partial charge in [0.2, 0.25) is 5.91 Å². The summed E-state index contributed by atoms with van der Waals surface area (Å²) < 4.78 is 0. The van der Waals surface area contributed by atoms with Gasteiger partial charge in [-0.25, -0.2) is 4.79 Å². The molecule has 3 N–H and O–H groups in total.